The summed E-state index contributed by atoms with van der Waals surface area (Å²) in [5.41, 5.74) is -0.884. The Hall–Kier alpha value is -1.63. The second-order valence-corrected chi connectivity index (χ2v) is 5.92. The van der Waals surface area contributed by atoms with Crippen LogP contribution in [0.2, 0.25) is 0 Å². The molecule has 20 heavy (non-hydrogen) atoms. The minimum atomic E-state index is -0.941. The highest BCUT2D eigenvalue weighted by Gasteiger charge is 2.42. The molecular formula is C13H14BrFN2O3. The summed E-state index contributed by atoms with van der Waals surface area (Å²) in [5.74, 6) is -1.48. The van der Waals surface area contributed by atoms with Gasteiger partial charge in [-0.25, -0.2) is 9.18 Å². The number of halogens is 2. The topological polar surface area (TPSA) is 69.6 Å². The summed E-state index contributed by atoms with van der Waals surface area (Å²) in [6.45, 7) is 2.04. The van der Waals surface area contributed by atoms with Crippen molar-refractivity contribution < 1.29 is 19.1 Å². The number of para-hydroxylation sites is 1. The summed E-state index contributed by atoms with van der Waals surface area (Å²) < 4.78 is 14.1. The first-order chi connectivity index (χ1) is 9.33. The minimum absolute atomic E-state index is 0.0569. The number of benzene rings is 1. The zero-order chi connectivity index (χ0) is 14.9. The number of likely N-dealkylation sites (tertiary alicyclic amines) is 1. The number of amides is 2. The molecule has 1 aromatic rings. The van der Waals surface area contributed by atoms with Crippen molar-refractivity contribution in [1.29, 1.82) is 0 Å². The Labute approximate surface area is 123 Å². The SMILES string of the molecule is CC1(C(=O)O)CCN(C(=O)Nc2c(F)cccc2Br)C1. The Balaban J connectivity index is 2.09. The number of hydrogen-bond donors (Lipinski definition) is 2. The molecule has 1 aliphatic rings. The molecule has 1 atom stereocenters. The first-order valence-electron chi connectivity index (χ1n) is 6.07. The second kappa shape index (κ2) is 5.40. The lowest BCUT2D eigenvalue weighted by Gasteiger charge is -2.21. The van der Waals surface area contributed by atoms with Gasteiger partial charge in [0.1, 0.15) is 5.82 Å². The van der Waals surface area contributed by atoms with Crippen molar-refractivity contribution in [3.63, 3.8) is 0 Å². The molecule has 0 radical (unpaired) electrons. The molecule has 1 aliphatic heterocycles. The van der Waals surface area contributed by atoms with Crippen LogP contribution >= 0.6 is 15.9 Å². The summed E-state index contributed by atoms with van der Waals surface area (Å²) in [4.78, 5) is 24.6. The zero-order valence-corrected chi connectivity index (χ0v) is 12.4. The molecule has 0 aromatic heterocycles. The van der Waals surface area contributed by atoms with E-state index in [1.165, 1.54) is 17.0 Å². The van der Waals surface area contributed by atoms with Crippen molar-refractivity contribution in [2.75, 3.05) is 18.4 Å². The average molecular weight is 345 g/mol. The Bertz CT molecular complexity index is 546. The summed E-state index contributed by atoms with van der Waals surface area (Å²) >= 11 is 3.16. The lowest BCUT2D eigenvalue weighted by atomic mass is 9.90. The van der Waals surface area contributed by atoms with E-state index in [4.69, 9.17) is 5.11 Å². The van der Waals surface area contributed by atoms with Crippen molar-refractivity contribution in [2.45, 2.75) is 13.3 Å². The van der Waals surface area contributed by atoms with Crippen molar-refractivity contribution >= 4 is 33.6 Å². The van der Waals surface area contributed by atoms with Gasteiger partial charge in [0.25, 0.3) is 0 Å². The average Bonchev–Trinajstić information content (AvgIpc) is 2.78. The number of anilines is 1. The maximum Gasteiger partial charge on any atom is 0.321 e. The highest BCUT2D eigenvalue weighted by atomic mass is 79.9. The predicted octanol–water partition coefficient (Wildman–Crippen LogP) is 2.92. The van der Waals surface area contributed by atoms with Crippen LogP contribution in [0.5, 0.6) is 0 Å². The molecule has 1 saturated heterocycles. The molecule has 108 valence electrons. The molecule has 2 amide bonds. The van der Waals surface area contributed by atoms with E-state index in [0.29, 0.717) is 17.4 Å². The third-order valence-electron chi connectivity index (χ3n) is 3.47. The number of carboxylic acid groups (broad SMARTS) is 1. The van der Waals surface area contributed by atoms with Gasteiger partial charge >= 0.3 is 12.0 Å². The van der Waals surface area contributed by atoms with Crippen molar-refractivity contribution in [3.8, 4) is 0 Å². The number of carboxylic acids is 1. The van der Waals surface area contributed by atoms with E-state index in [9.17, 15) is 14.0 Å². The number of hydrogen-bond acceptors (Lipinski definition) is 2. The molecule has 1 unspecified atom stereocenters. The van der Waals surface area contributed by atoms with Crippen molar-refractivity contribution in [3.05, 3.63) is 28.5 Å². The normalized spacial score (nSPS) is 21.9. The lowest BCUT2D eigenvalue weighted by molar-refractivity contribution is -0.146. The highest BCUT2D eigenvalue weighted by molar-refractivity contribution is 9.10. The fraction of sp³-hybridized carbons (Fsp3) is 0.385. The summed E-state index contributed by atoms with van der Waals surface area (Å²) in [5, 5.41) is 11.6. The second-order valence-electron chi connectivity index (χ2n) is 5.06. The van der Waals surface area contributed by atoms with Crippen LogP contribution in [-0.2, 0) is 4.79 Å². The first-order valence-corrected chi connectivity index (χ1v) is 6.86. The lowest BCUT2D eigenvalue weighted by Crippen LogP contribution is -2.37. The van der Waals surface area contributed by atoms with E-state index in [1.54, 1.807) is 13.0 Å². The molecule has 0 aliphatic carbocycles. The van der Waals surface area contributed by atoms with Crippen LogP contribution < -0.4 is 5.32 Å². The molecule has 0 bridgehead atoms. The van der Waals surface area contributed by atoms with E-state index in [2.05, 4.69) is 21.2 Å². The van der Waals surface area contributed by atoms with Crippen LogP contribution in [0.1, 0.15) is 13.3 Å². The summed E-state index contributed by atoms with van der Waals surface area (Å²) in [7, 11) is 0. The fourth-order valence-electron chi connectivity index (χ4n) is 2.11. The number of carbonyl (C=O) groups is 2. The van der Waals surface area contributed by atoms with Gasteiger partial charge < -0.3 is 15.3 Å². The van der Waals surface area contributed by atoms with Crippen LogP contribution in [0, 0.1) is 11.2 Å². The number of aliphatic carboxylic acids is 1. The third kappa shape index (κ3) is 2.77. The van der Waals surface area contributed by atoms with Gasteiger partial charge in [-0.3, -0.25) is 4.79 Å². The Morgan fingerprint density at radius 2 is 2.20 bits per heavy atom. The maximum atomic E-state index is 13.6. The Morgan fingerprint density at radius 3 is 2.75 bits per heavy atom. The molecular weight excluding hydrogens is 331 g/mol. The van der Waals surface area contributed by atoms with Crippen LogP contribution in [0.15, 0.2) is 22.7 Å². The van der Waals surface area contributed by atoms with Gasteiger partial charge in [-0.1, -0.05) is 6.07 Å². The molecule has 1 fully saturated rings. The third-order valence-corrected chi connectivity index (χ3v) is 4.13. The molecule has 0 spiro atoms. The predicted molar refractivity (Wildman–Crippen MR) is 75.1 cm³/mol. The largest absolute Gasteiger partial charge is 0.481 e. The van der Waals surface area contributed by atoms with Crippen LogP contribution in [0.3, 0.4) is 0 Å². The monoisotopic (exact) mass is 344 g/mol. The highest BCUT2D eigenvalue weighted by Crippen LogP contribution is 2.31. The van der Waals surface area contributed by atoms with Gasteiger partial charge in [0.2, 0.25) is 0 Å². The molecule has 0 saturated carbocycles. The van der Waals surface area contributed by atoms with Gasteiger partial charge in [0.05, 0.1) is 11.1 Å². The summed E-state index contributed by atoms with van der Waals surface area (Å²) in [6.07, 6.45) is 0.383. The minimum Gasteiger partial charge on any atom is -0.481 e. The number of nitrogens with zero attached hydrogens (tertiary/aromatic N) is 1. The summed E-state index contributed by atoms with van der Waals surface area (Å²) in [6, 6.07) is 3.88. The molecule has 2 rings (SSSR count). The number of urea groups is 1. The number of carbonyl (C=O) groups excluding carboxylic acids is 1. The molecule has 5 nitrogen and oxygen atoms in total. The first kappa shape index (κ1) is 14.8. The molecule has 2 N–H and O–H groups in total. The van der Waals surface area contributed by atoms with Gasteiger partial charge in [-0.2, -0.15) is 0 Å². The molecule has 1 aromatic carbocycles. The zero-order valence-electron chi connectivity index (χ0n) is 10.8. The van der Waals surface area contributed by atoms with Crippen molar-refractivity contribution in [1.82, 2.24) is 4.90 Å². The maximum absolute atomic E-state index is 13.6. The number of rotatable bonds is 2. The van der Waals surface area contributed by atoms with Gasteiger partial charge in [-0.15, -0.1) is 0 Å². The smallest absolute Gasteiger partial charge is 0.321 e. The van der Waals surface area contributed by atoms with E-state index in [-0.39, 0.29) is 12.2 Å². The Kier molecular flexibility index (Phi) is 3.99. The van der Waals surface area contributed by atoms with Crippen LogP contribution in [-0.4, -0.2) is 35.1 Å². The van der Waals surface area contributed by atoms with E-state index < -0.39 is 23.2 Å². The number of nitrogens with one attached hydrogen (secondary N) is 1. The van der Waals surface area contributed by atoms with E-state index >= 15 is 0 Å². The fourth-order valence-corrected chi connectivity index (χ4v) is 2.55. The quantitative estimate of drug-likeness (QED) is 0.866. The van der Waals surface area contributed by atoms with E-state index in [1.807, 2.05) is 0 Å². The molecule has 1 heterocycles. The standard InChI is InChI=1S/C13H14BrFN2O3/c1-13(11(18)19)5-6-17(7-13)12(20)16-10-8(14)3-2-4-9(10)15/h2-4H,5-7H2,1H3,(H,16,20)(H,18,19). The Morgan fingerprint density at radius 1 is 1.50 bits per heavy atom. The van der Waals surface area contributed by atoms with Gasteiger partial charge in [-0.05, 0) is 41.4 Å². The van der Waals surface area contributed by atoms with E-state index in [0.717, 1.165) is 0 Å². The van der Waals surface area contributed by atoms with Crippen LogP contribution in [0.25, 0.3) is 0 Å². The molecule has 7 heteroatoms. The van der Waals surface area contributed by atoms with Crippen molar-refractivity contribution in [2.24, 2.45) is 5.41 Å². The van der Waals surface area contributed by atoms with Crippen LogP contribution in [0.4, 0.5) is 14.9 Å². The van der Waals surface area contributed by atoms with Gasteiger partial charge in [0.15, 0.2) is 0 Å². The van der Waals surface area contributed by atoms with Gasteiger partial charge in [0, 0.05) is 17.6 Å².